The molecule has 0 bridgehead atoms. The lowest BCUT2D eigenvalue weighted by Gasteiger charge is -2.27. The summed E-state index contributed by atoms with van der Waals surface area (Å²) < 4.78 is 71.9. The standard InChI is InChI=1S/C23H27F3N6O3S2/c1-8-35-13(3)32-17(9-15(31-32)19(22(4,5)6)37(7,33)34)18-12(2)29-20(36-18)14-11-28-21(23(24,25)26)30-16(14)10-27/h9,11,13,19H,8H2,1-7H3. The Morgan fingerprint density at radius 3 is 2.41 bits per heavy atom. The van der Waals surface area contributed by atoms with Crippen LogP contribution in [0.5, 0.6) is 0 Å². The summed E-state index contributed by atoms with van der Waals surface area (Å²) in [4.78, 5) is 11.8. The first-order chi connectivity index (χ1) is 17.0. The average Bonchev–Trinajstić information content (AvgIpc) is 3.34. The fraction of sp³-hybridized carbons (Fsp3) is 0.522. The van der Waals surface area contributed by atoms with Crippen molar-refractivity contribution < 1.29 is 26.3 Å². The van der Waals surface area contributed by atoms with Gasteiger partial charge in [0.25, 0.3) is 0 Å². The van der Waals surface area contributed by atoms with Gasteiger partial charge in [0.2, 0.25) is 5.82 Å². The number of hydrogen-bond acceptors (Lipinski definition) is 9. The molecule has 0 saturated heterocycles. The fourth-order valence-electron chi connectivity index (χ4n) is 4.11. The van der Waals surface area contributed by atoms with Gasteiger partial charge in [0.1, 0.15) is 22.6 Å². The first-order valence-corrected chi connectivity index (χ1v) is 14.0. The van der Waals surface area contributed by atoms with Gasteiger partial charge in [0, 0.05) is 19.1 Å². The second kappa shape index (κ2) is 10.1. The van der Waals surface area contributed by atoms with Crippen molar-refractivity contribution in [3.8, 4) is 27.2 Å². The number of aromatic nitrogens is 5. The van der Waals surface area contributed by atoms with Crippen LogP contribution >= 0.6 is 11.3 Å². The number of rotatable bonds is 7. The van der Waals surface area contributed by atoms with Crippen LogP contribution in [0.4, 0.5) is 13.2 Å². The number of nitrogens with zero attached hydrogens (tertiary/aromatic N) is 6. The molecule has 9 nitrogen and oxygen atoms in total. The van der Waals surface area contributed by atoms with Crippen LogP contribution in [0.2, 0.25) is 0 Å². The molecule has 2 atom stereocenters. The van der Waals surface area contributed by atoms with E-state index in [2.05, 4.69) is 20.1 Å². The van der Waals surface area contributed by atoms with E-state index in [1.165, 1.54) is 0 Å². The van der Waals surface area contributed by atoms with Crippen LogP contribution in [0.1, 0.15) is 69.0 Å². The SMILES string of the molecule is CCOC(C)n1nc(C(C(C)(C)C)S(C)(=O)=O)cc1-c1sc(-c2cnc(C(F)(F)F)nc2C#N)nc1C. The Balaban J connectivity index is 2.22. The quantitative estimate of drug-likeness (QED) is 0.382. The Bertz CT molecular complexity index is 1450. The maximum atomic E-state index is 13.0. The van der Waals surface area contributed by atoms with Crippen LogP contribution in [-0.2, 0) is 20.8 Å². The van der Waals surface area contributed by atoms with E-state index in [1.807, 2.05) is 27.7 Å². The maximum absolute atomic E-state index is 13.0. The van der Waals surface area contributed by atoms with Gasteiger partial charge >= 0.3 is 6.18 Å². The van der Waals surface area contributed by atoms with E-state index in [0.29, 0.717) is 28.6 Å². The Morgan fingerprint density at radius 2 is 1.89 bits per heavy atom. The van der Waals surface area contributed by atoms with Crippen LogP contribution < -0.4 is 0 Å². The molecule has 37 heavy (non-hydrogen) atoms. The van der Waals surface area contributed by atoms with Gasteiger partial charge in [-0.25, -0.2) is 28.1 Å². The number of nitriles is 1. The van der Waals surface area contributed by atoms with Gasteiger partial charge in [-0.05, 0) is 32.3 Å². The molecular weight excluding hydrogens is 529 g/mol. The molecule has 0 aliphatic carbocycles. The molecule has 0 aliphatic rings. The summed E-state index contributed by atoms with van der Waals surface area (Å²) in [6.07, 6.45) is -3.25. The molecular formula is C23H27F3N6O3S2. The first kappa shape index (κ1) is 28.7. The van der Waals surface area contributed by atoms with E-state index in [9.17, 15) is 26.9 Å². The van der Waals surface area contributed by atoms with Gasteiger partial charge in [0.05, 0.1) is 27.5 Å². The monoisotopic (exact) mass is 556 g/mol. The van der Waals surface area contributed by atoms with E-state index >= 15 is 0 Å². The molecule has 200 valence electrons. The summed E-state index contributed by atoms with van der Waals surface area (Å²) in [5.74, 6) is -1.41. The second-order valence-electron chi connectivity index (χ2n) is 9.53. The molecule has 0 saturated carbocycles. The molecule has 14 heteroatoms. The summed E-state index contributed by atoms with van der Waals surface area (Å²) in [5, 5.41) is 13.4. The zero-order valence-electron chi connectivity index (χ0n) is 21.4. The minimum atomic E-state index is -4.80. The molecule has 0 N–H and O–H groups in total. The second-order valence-corrected chi connectivity index (χ2v) is 12.7. The van der Waals surface area contributed by atoms with Crippen molar-refractivity contribution >= 4 is 21.2 Å². The molecule has 3 heterocycles. The summed E-state index contributed by atoms with van der Waals surface area (Å²) in [6, 6.07) is 3.36. The molecule has 0 amide bonds. The van der Waals surface area contributed by atoms with Crippen molar-refractivity contribution in [2.24, 2.45) is 5.41 Å². The van der Waals surface area contributed by atoms with Crippen LogP contribution in [0.15, 0.2) is 12.3 Å². The van der Waals surface area contributed by atoms with Gasteiger partial charge in [-0.15, -0.1) is 11.3 Å². The lowest BCUT2D eigenvalue weighted by molar-refractivity contribution is -0.145. The summed E-state index contributed by atoms with van der Waals surface area (Å²) in [6.45, 7) is 11.1. The highest BCUT2D eigenvalue weighted by molar-refractivity contribution is 7.91. The number of sulfone groups is 1. The van der Waals surface area contributed by atoms with Gasteiger partial charge in [-0.1, -0.05) is 20.8 Å². The van der Waals surface area contributed by atoms with Crippen LogP contribution in [0.3, 0.4) is 0 Å². The topological polar surface area (TPSA) is 124 Å². The Kier molecular flexibility index (Phi) is 7.84. The average molecular weight is 557 g/mol. The van der Waals surface area contributed by atoms with E-state index in [-0.39, 0.29) is 10.6 Å². The molecule has 3 aromatic heterocycles. The predicted molar refractivity (Wildman–Crippen MR) is 132 cm³/mol. The summed E-state index contributed by atoms with van der Waals surface area (Å²) >= 11 is 1.11. The molecule has 3 rings (SSSR count). The molecule has 0 fully saturated rings. The lowest BCUT2D eigenvalue weighted by Crippen LogP contribution is -2.26. The van der Waals surface area contributed by atoms with E-state index in [0.717, 1.165) is 23.8 Å². The zero-order chi connectivity index (χ0) is 27.9. The summed E-state index contributed by atoms with van der Waals surface area (Å²) in [7, 11) is -3.55. The predicted octanol–water partition coefficient (Wildman–Crippen LogP) is 5.35. The number of halogens is 3. The normalized spacial score (nSPS) is 14.4. The smallest absolute Gasteiger partial charge is 0.357 e. The van der Waals surface area contributed by atoms with Crippen LogP contribution in [0.25, 0.3) is 21.1 Å². The van der Waals surface area contributed by atoms with E-state index < -0.39 is 44.4 Å². The van der Waals surface area contributed by atoms with Crippen molar-refractivity contribution in [2.45, 2.75) is 59.2 Å². The Labute approximate surface area is 217 Å². The highest BCUT2D eigenvalue weighted by atomic mass is 32.2. The third-order valence-corrected chi connectivity index (χ3v) is 8.42. The number of ether oxygens (including phenoxy) is 1. The van der Waals surface area contributed by atoms with Crippen molar-refractivity contribution in [3.05, 3.63) is 35.2 Å². The minimum absolute atomic E-state index is 0.0581. The number of thiazole rings is 1. The Morgan fingerprint density at radius 1 is 1.24 bits per heavy atom. The van der Waals surface area contributed by atoms with Gasteiger partial charge in [0.15, 0.2) is 15.5 Å². The van der Waals surface area contributed by atoms with E-state index in [4.69, 9.17) is 4.74 Å². The number of aryl methyl sites for hydroxylation is 1. The Hall–Kier alpha value is -2.89. The van der Waals surface area contributed by atoms with Crippen molar-refractivity contribution in [1.82, 2.24) is 24.7 Å². The highest BCUT2D eigenvalue weighted by Crippen LogP contribution is 2.43. The van der Waals surface area contributed by atoms with Gasteiger partial charge in [-0.3, -0.25) is 0 Å². The van der Waals surface area contributed by atoms with Gasteiger partial charge < -0.3 is 4.74 Å². The fourth-order valence-corrected chi connectivity index (χ4v) is 7.04. The lowest BCUT2D eigenvalue weighted by atomic mass is 9.90. The summed E-state index contributed by atoms with van der Waals surface area (Å²) in [5.41, 5.74) is 0.313. The van der Waals surface area contributed by atoms with Gasteiger partial charge in [-0.2, -0.15) is 23.5 Å². The largest absolute Gasteiger partial charge is 0.451 e. The molecule has 3 aromatic rings. The maximum Gasteiger partial charge on any atom is 0.451 e. The van der Waals surface area contributed by atoms with Crippen LogP contribution in [-0.4, -0.2) is 46.0 Å². The minimum Gasteiger partial charge on any atom is -0.357 e. The third kappa shape index (κ3) is 6.00. The molecule has 0 aliphatic heterocycles. The van der Waals surface area contributed by atoms with E-state index in [1.54, 1.807) is 30.7 Å². The third-order valence-electron chi connectivity index (χ3n) is 5.40. The zero-order valence-corrected chi connectivity index (χ0v) is 23.0. The number of hydrogen-bond donors (Lipinski definition) is 0. The first-order valence-electron chi connectivity index (χ1n) is 11.2. The highest BCUT2D eigenvalue weighted by Gasteiger charge is 2.38. The molecule has 0 radical (unpaired) electrons. The molecule has 0 aromatic carbocycles. The number of alkyl halides is 3. The van der Waals surface area contributed by atoms with Crippen molar-refractivity contribution in [3.63, 3.8) is 0 Å². The molecule has 2 unspecified atom stereocenters. The van der Waals surface area contributed by atoms with Crippen molar-refractivity contribution in [2.75, 3.05) is 12.9 Å². The van der Waals surface area contributed by atoms with Crippen molar-refractivity contribution in [1.29, 1.82) is 5.26 Å². The van der Waals surface area contributed by atoms with Crippen LogP contribution in [0, 0.1) is 23.7 Å². The molecule has 0 spiro atoms.